The molecule has 1 fully saturated rings. The van der Waals surface area contributed by atoms with E-state index in [-0.39, 0.29) is 0 Å². The lowest BCUT2D eigenvalue weighted by Crippen LogP contribution is -2.37. The highest BCUT2D eigenvalue weighted by atomic mass is 79.9. The molecule has 2 nitrogen and oxygen atoms in total. The number of piperidine rings is 1. The van der Waals surface area contributed by atoms with Gasteiger partial charge in [-0.15, -0.1) is 0 Å². The zero-order valence-electron chi connectivity index (χ0n) is 11.5. The number of likely N-dealkylation sites (tertiary alicyclic amines) is 1. The van der Waals surface area contributed by atoms with E-state index in [0.717, 1.165) is 5.92 Å². The van der Waals surface area contributed by atoms with Crippen LogP contribution in [0.1, 0.15) is 25.3 Å². The van der Waals surface area contributed by atoms with E-state index in [2.05, 4.69) is 65.2 Å². The van der Waals surface area contributed by atoms with Crippen LogP contribution in [0.15, 0.2) is 22.7 Å². The number of halogens is 1. The minimum atomic E-state index is 0.539. The van der Waals surface area contributed by atoms with Crippen molar-refractivity contribution in [1.82, 2.24) is 4.90 Å². The van der Waals surface area contributed by atoms with Gasteiger partial charge in [0.1, 0.15) is 0 Å². The molecule has 0 amide bonds. The first-order valence-corrected chi connectivity index (χ1v) is 7.57. The Morgan fingerprint density at radius 3 is 2.67 bits per heavy atom. The second-order valence-electron chi connectivity index (χ2n) is 5.51. The first-order chi connectivity index (χ1) is 8.58. The van der Waals surface area contributed by atoms with Crippen LogP contribution in [0.5, 0.6) is 0 Å². The van der Waals surface area contributed by atoms with Gasteiger partial charge in [0.15, 0.2) is 0 Å². The Labute approximate surface area is 119 Å². The van der Waals surface area contributed by atoms with Crippen molar-refractivity contribution in [3.8, 4) is 0 Å². The minimum absolute atomic E-state index is 0.539. The Morgan fingerprint density at radius 2 is 2.00 bits per heavy atom. The molecule has 0 bridgehead atoms. The molecule has 1 unspecified atom stereocenters. The van der Waals surface area contributed by atoms with E-state index in [0.29, 0.717) is 6.04 Å². The van der Waals surface area contributed by atoms with Crippen molar-refractivity contribution in [3.05, 3.63) is 28.2 Å². The number of anilines is 1. The average molecular weight is 311 g/mol. The molecule has 1 saturated heterocycles. The third-order valence-electron chi connectivity index (χ3n) is 4.05. The zero-order chi connectivity index (χ0) is 13.1. The van der Waals surface area contributed by atoms with Crippen LogP contribution in [0.4, 0.5) is 5.69 Å². The predicted molar refractivity (Wildman–Crippen MR) is 82.2 cm³/mol. The molecule has 0 aromatic heterocycles. The fourth-order valence-electron chi connectivity index (χ4n) is 2.65. The summed E-state index contributed by atoms with van der Waals surface area (Å²) in [4.78, 5) is 2.42. The second kappa shape index (κ2) is 6.07. The number of rotatable bonds is 3. The standard InChI is InChI=1S/C15H23BrN2/c1-11-5-4-6-14(15(11)16)17-12(2)13-7-9-18(3)10-8-13/h4-6,12-13,17H,7-10H2,1-3H3. The normalized spacial score (nSPS) is 19.8. The van der Waals surface area contributed by atoms with E-state index in [1.165, 1.54) is 41.7 Å². The quantitative estimate of drug-likeness (QED) is 0.911. The van der Waals surface area contributed by atoms with Crippen molar-refractivity contribution in [3.63, 3.8) is 0 Å². The van der Waals surface area contributed by atoms with E-state index in [9.17, 15) is 0 Å². The number of nitrogens with zero attached hydrogens (tertiary/aromatic N) is 1. The molecule has 18 heavy (non-hydrogen) atoms. The van der Waals surface area contributed by atoms with Crippen molar-refractivity contribution < 1.29 is 0 Å². The number of benzene rings is 1. The molecule has 1 aromatic rings. The molecule has 0 spiro atoms. The van der Waals surface area contributed by atoms with Crippen molar-refractivity contribution in [1.29, 1.82) is 0 Å². The highest BCUT2D eigenvalue weighted by molar-refractivity contribution is 9.10. The van der Waals surface area contributed by atoms with Crippen molar-refractivity contribution in [2.24, 2.45) is 5.92 Å². The lowest BCUT2D eigenvalue weighted by atomic mass is 9.90. The largest absolute Gasteiger partial charge is 0.381 e. The average Bonchev–Trinajstić information content (AvgIpc) is 2.36. The van der Waals surface area contributed by atoms with Crippen LogP contribution in [0.25, 0.3) is 0 Å². The zero-order valence-corrected chi connectivity index (χ0v) is 13.1. The van der Waals surface area contributed by atoms with Gasteiger partial charge in [0.25, 0.3) is 0 Å². The van der Waals surface area contributed by atoms with Gasteiger partial charge in [-0.1, -0.05) is 12.1 Å². The molecule has 1 aliphatic rings. The summed E-state index contributed by atoms with van der Waals surface area (Å²) in [6, 6.07) is 6.94. The molecule has 1 aliphatic heterocycles. The Hall–Kier alpha value is -0.540. The summed E-state index contributed by atoms with van der Waals surface area (Å²) in [5.74, 6) is 0.786. The van der Waals surface area contributed by atoms with Gasteiger partial charge in [-0.3, -0.25) is 0 Å². The summed E-state index contributed by atoms with van der Waals surface area (Å²) >= 11 is 3.67. The summed E-state index contributed by atoms with van der Waals surface area (Å²) in [6.45, 7) is 6.90. The summed E-state index contributed by atoms with van der Waals surface area (Å²) in [5, 5.41) is 3.67. The Bertz CT molecular complexity index is 397. The van der Waals surface area contributed by atoms with E-state index in [1.807, 2.05) is 0 Å². The maximum Gasteiger partial charge on any atom is 0.0489 e. The second-order valence-corrected chi connectivity index (χ2v) is 6.30. The van der Waals surface area contributed by atoms with Gasteiger partial charge in [0, 0.05) is 16.2 Å². The van der Waals surface area contributed by atoms with Crippen LogP contribution < -0.4 is 5.32 Å². The lowest BCUT2D eigenvalue weighted by Gasteiger charge is -2.33. The molecule has 1 heterocycles. The summed E-state index contributed by atoms with van der Waals surface area (Å²) in [6.07, 6.45) is 2.60. The van der Waals surface area contributed by atoms with E-state index in [1.54, 1.807) is 0 Å². The Balaban J connectivity index is 1.98. The van der Waals surface area contributed by atoms with Gasteiger partial charge < -0.3 is 10.2 Å². The van der Waals surface area contributed by atoms with E-state index < -0.39 is 0 Å². The van der Waals surface area contributed by atoms with Crippen molar-refractivity contribution >= 4 is 21.6 Å². The molecular weight excluding hydrogens is 288 g/mol. The fraction of sp³-hybridized carbons (Fsp3) is 0.600. The third kappa shape index (κ3) is 3.27. The van der Waals surface area contributed by atoms with Crippen LogP contribution in [0.3, 0.4) is 0 Å². The summed E-state index contributed by atoms with van der Waals surface area (Å²) < 4.78 is 1.20. The molecule has 3 heteroatoms. The first kappa shape index (κ1) is 13.9. The van der Waals surface area contributed by atoms with E-state index >= 15 is 0 Å². The highest BCUT2D eigenvalue weighted by Crippen LogP contribution is 2.29. The topological polar surface area (TPSA) is 15.3 Å². The van der Waals surface area contributed by atoms with Crippen LogP contribution >= 0.6 is 15.9 Å². The smallest absolute Gasteiger partial charge is 0.0489 e. The van der Waals surface area contributed by atoms with Crippen molar-refractivity contribution in [2.75, 3.05) is 25.5 Å². The maximum absolute atomic E-state index is 3.67. The monoisotopic (exact) mass is 310 g/mol. The van der Waals surface area contributed by atoms with Gasteiger partial charge in [0.2, 0.25) is 0 Å². The van der Waals surface area contributed by atoms with Crippen molar-refractivity contribution in [2.45, 2.75) is 32.7 Å². The SMILES string of the molecule is Cc1cccc(NC(C)C2CCN(C)CC2)c1Br. The van der Waals surface area contributed by atoms with Gasteiger partial charge in [-0.05, 0) is 80.3 Å². The van der Waals surface area contributed by atoms with Gasteiger partial charge >= 0.3 is 0 Å². The summed E-state index contributed by atoms with van der Waals surface area (Å²) in [7, 11) is 2.21. The molecule has 1 N–H and O–H groups in total. The molecule has 0 saturated carbocycles. The molecule has 1 aromatic carbocycles. The number of nitrogens with one attached hydrogen (secondary N) is 1. The highest BCUT2D eigenvalue weighted by Gasteiger charge is 2.22. The van der Waals surface area contributed by atoms with E-state index in [4.69, 9.17) is 0 Å². The third-order valence-corrected chi connectivity index (χ3v) is 5.10. The van der Waals surface area contributed by atoms with Crippen LogP contribution in [0.2, 0.25) is 0 Å². The van der Waals surface area contributed by atoms with Gasteiger partial charge in [-0.25, -0.2) is 0 Å². The number of aryl methyl sites for hydroxylation is 1. The molecule has 1 atom stereocenters. The molecule has 0 radical (unpaired) electrons. The van der Waals surface area contributed by atoms with Gasteiger partial charge in [0.05, 0.1) is 0 Å². The van der Waals surface area contributed by atoms with Gasteiger partial charge in [-0.2, -0.15) is 0 Å². The maximum atomic E-state index is 3.67. The van der Waals surface area contributed by atoms with Crippen LogP contribution in [0, 0.1) is 12.8 Å². The Morgan fingerprint density at radius 1 is 1.33 bits per heavy atom. The lowest BCUT2D eigenvalue weighted by molar-refractivity contribution is 0.208. The Kier molecular flexibility index (Phi) is 4.68. The minimum Gasteiger partial charge on any atom is -0.381 e. The first-order valence-electron chi connectivity index (χ1n) is 6.78. The summed E-state index contributed by atoms with van der Waals surface area (Å²) in [5.41, 5.74) is 2.51. The number of hydrogen-bond acceptors (Lipinski definition) is 2. The van der Waals surface area contributed by atoms with Crippen LogP contribution in [-0.2, 0) is 0 Å². The molecular formula is C15H23BrN2. The van der Waals surface area contributed by atoms with Crippen LogP contribution in [-0.4, -0.2) is 31.1 Å². The fourth-order valence-corrected chi connectivity index (χ4v) is 3.03. The number of hydrogen-bond donors (Lipinski definition) is 1. The predicted octanol–water partition coefficient (Wildman–Crippen LogP) is 3.90. The molecule has 100 valence electrons. The molecule has 0 aliphatic carbocycles. The molecule has 2 rings (SSSR count).